The summed E-state index contributed by atoms with van der Waals surface area (Å²) in [4.78, 5) is 0. The summed E-state index contributed by atoms with van der Waals surface area (Å²) in [7, 11) is -1.73. The largest absolute Gasteiger partial charge is 0.530 e. The minimum Gasteiger partial charge on any atom is -0.408 e. The van der Waals surface area contributed by atoms with E-state index in [0.717, 1.165) is 70.5 Å². The van der Waals surface area contributed by atoms with Crippen LogP contribution in [-0.4, -0.2) is 0 Å². The molecule has 0 aromatic heterocycles. The summed E-state index contributed by atoms with van der Waals surface area (Å²) in [5.74, 6) is 11.3. The van der Waals surface area contributed by atoms with Gasteiger partial charge in [-0.3, -0.25) is 0 Å². The van der Waals surface area contributed by atoms with Crippen LogP contribution >= 0.6 is 8.60 Å². The highest BCUT2D eigenvalue weighted by Crippen LogP contribution is 2.70. The molecule has 14 bridgehead atoms. The predicted octanol–water partition coefficient (Wildman–Crippen LogP) is 13.6. The van der Waals surface area contributed by atoms with Crippen LogP contribution < -0.4 is 13.6 Å². The molecule has 4 heteroatoms. The van der Waals surface area contributed by atoms with Gasteiger partial charge in [0, 0.05) is 33.7 Å². The summed E-state index contributed by atoms with van der Waals surface area (Å²) in [5, 5.41) is 0. The maximum Gasteiger partial charge on any atom is 0.530 e. The molecule has 3 aromatic carbocycles. The van der Waals surface area contributed by atoms with Crippen molar-refractivity contribution >= 4 is 8.60 Å². The summed E-state index contributed by atoms with van der Waals surface area (Å²) in [5.41, 5.74) is 13.8. The average molecular weight is 765 g/mol. The summed E-state index contributed by atoms with van der Waals surface area (Å²) in [6, 6.07) is 15.4. The fourth-order valence-electron chi connectivity index (χ4n) is 18.7. The molecule has 56 heavy (non-hydrogen) atoms. The molecule has 3 aromatic rings. The number of benzene rings is 3. The molecule has 0 unspecified atom stereocenters. The number of hydrogen-bond acceptors (Lipinski definition) is 3. The molecule has 12 fully saturated rings. The molecule has 12 aliphatic carbocycles. The van der Waals surface area contributed by atoms with Gasteiger partial charge in [0.15, 0.2) is 0 Å². The maximum atomic E-state index is 7.55. The van der Waals surface area contributed by atoms with Crippen LogP contribution in [0.1, 0.15) is 172 Å². The lowest BCUT2D eigenvalue weighted by molar-refractivity contribution is -0.00656. The SMILES string of the molecule is Cc1cc2c(c(C34CC5CC(CC(C5)C3)C4)c1)OP1Oc3cc(C)cc(C45CC6CC(CC(C6)C4)C5)c3C2c2cc(C)cc(C34CC5CC(CC(C5)C3)C4)c2O1. The van der Waals surface area contributed by atoms with Crippen LogP contribution in [0.25, 0.3) is 0 Å². The predicted molar refractivity (Wildman–Crippen MR) is 223 cm³/mol. The van der Waals surface area contributed by atoms with E-state index in [9.17, 15) is 0 Å². The van der Waals surface area contributed by atoms with Crippen LogP contribution in [0.4, 0.5) is 0 Å². The average Bonchev–Trinajstić information content (AvgIpc) is 3.11. The highest BCUT2D eigenvalue weighted by molar-refractivity contribution is 7.43. The Bertz CT molecular complexity index is 2000. The Labute approximate surface area is 336 Å². The normalized spacial score (nSPS) is 44.9. The smallest absolute Gasteiger partial charge is 0.408 e. The Balaban J connectivity index is 1.05. The minimum atomic E-state index is -1.73. The molecule has 0 spiro atoms. The van der Waals surface area contributed by atoms with E-state index in [4.69, 9.17) is 13.6 Å². The van der Waals surface area contributed by atoms with Gasteiger partial charge >= 0.3 is 8.60 Å². The maximum absolute atomic E-state index is 7.55. The van der Waals surface area contributed by atoms with Gasteiger partial charge in [-0.05, 0) is 223 Å². The van der Waals surface area contributed by atoms with Gasteiger partial charge in [0.1, 0.15) is 17.2 Å². The van der Waals surface area contributed by atoms with Gasteiger partial charge < -0.3 is 13.6 Å². The quantitative estimate of drug-likeness (QED) is 0.249. The van der Waals surface area contributed by atoms with Crippen molar-refractivity contribution in [3.63, 3.8) is 0 Å². The molecule has 292 valence electrons. The Morgan fingerprint density at radius 3 is 1.11 bits per heavy atom. The zero-order chi connectivity index (χ0) is 36.9. The first kappa shape index (κ1) is 33.3. The molecule has 3 aliphatic heterocycles. The zero-order valence-corrected chi connectivity index (χ0v) is 35.0. The molecular formula is C52H61O3P. The van der Waals surface area contributed by atoms with Crippen molar-refractivity contribution in [1.82, 2.24) is 0 Å². The fourth-order valence-corrected chi connectivity index (χ4v) is 19.8. The molecular weight excluding hydrogens is 704 g/mol. The van der Waals surface area contributed by atoms with Crippen molar-refractivity contribution in [3.05, 3.63) is 86.5 Å². The minimum absolute atomic E-state index is 0.0242. The summed E-state index contributed by atoms with van der Waals surface area (Å²) in [6.07, 6.45) is 25.2. The van der Waals surface area contributed by atoms with E-state index in [-0.39, 0.29) is 22.2 Å². The Kier molecular flexibility index (Phi) is 6.66. The van der Waals surface area contributed by atoms with E-state index in [0.29, 0.717) is 0 Å². The molecule has 0 atom stereocenters. The van der Waals surface area contributed by atoms with Crippen LogP contribution in [0.15, 0.2) is 36.4 Å². The highest BCUT2D eigenvalue weighted by Gasteiger charge is 2.58. The van der Waals surface area contributed by atoms with E-state index in [1.165, 1.54) is 160 Å². The molecule has 0 N–H and O–H groups in total. The Hall–Kier alpha value is -2.51. The van der Waals surface area contributed by atoms with Crippen molar-refractivity contribution in [2.75, 3.05) is 0 Å². The van der Waals surface area contributed by atoms with Crippen molar-refractivity contribution in [1.29, 1.82) is 0 Å². The zero-order valence-electron chi connectivity index (χ0n) is 34.1. The Morgan fingerprint density at radius 2 is 0.732 bits per heavy atom. The number of rotatable bonds is 3. The molecule has 3 heterocycles. The second-order valence-electron chi connectivity index (χ2n) is 23.2. The lowest BCUT2D eigenvalue weighted by atomic mass is 9.47. The first-order valence-corrected chi connectivity index (χ1v) is 24.5. The second kappa shape index (κ2) is 11.2. The van der Waals surface area contributed by atoms with E-state index in [1.54, 1.807) is 5.56 Å². The van der Waals surface area contributed by atoms with Crippen LogP contribution in [0.2, 0.25) is 0 Å². The van der Waals surface area contributed by atoms with Gasteiger partial charge in [-0.25, -0.2) is 0 Å². The summed E-state index contributed by atoms with van der Waals surface area (Å²) < 4.78 is 22.5. The van der Waals surface area contributed by atoms with Crippen molar-refractivity contribution in [2.45, 2.75) is 159 Å². The topological polar surface area (TPSA) is 27.7 Å². The van der Waals surface area contributed by atoms with Gasteiger partial charge in [-0.15, -0.1) is 0 Å². The van der Waals surface area contributed by atoms with Crippen molar-refractivity contribution in [3.8, 4) is 17.2 Å². The van der Waals surface area contributed by atoms with Crippen LogP contribution in [0.3, 0.4) is 0 Å². The van der Waals surface area contributed by atoms with Gasteiger partial charge in [0.2, 0.25) is 0 Å². The number of hydrogen-bond donors (Lipinski definition) is 0. The van der Waals surface area contributed by atoms with Gasteiger partial charge in [-0.1, -0.05) is 41.5 Å². The van der Waals surface area contributed by atoms with Gasteiger partial charge in [-0.2, -0.15) is 0 Å². The monoisotopic (exact) mass is 764 g/mol. The standard InChI is InChI=1S/C52H61O3P/c1-28-4-40-46-41-5-29(2)8-44(52-25-37-16-38(26-52)18-39(17-37)27-52)49(41)55-56(54-48(40)43(7-28)51-22-34-13-35(23-51)15-36(14-34)24-51)53-45-9-30(3)6-42(47(45)46)50-19-31-10-32(20-50)12-33(11-31)21-50/h4-9,31-39,46H,10-27H2,1-3H3. The lowest BCUT2D eigenvalue weighted by Crippen LogP contribution is -2.49. The van der Waals surface area contributed by atoms with E-state index in [2.05, 4.69) is 57.2 Å². The van der Waals surface area contributed by atoms with Crippen molar-refractivity contribution in [2.24, 2.45) is 53.3 Å². The molecule has 0 amide bonds. The van der Waals surface area contributed by atoms with Crippen molar-refractivity contribution < 1.29 is 13.6 Å². The van der Waals surface area contributed by atoms with E-state index >= 15 is 0 Å². The molecule has 15 aliphatic rings. The van der Waals surface area contributed by atoms with Crippen LogP contribution in [-0.2, 0) is 16.2 Å². The Morgan fingerprint density at radius 1 is 0.411 bits per heavy atom. The molecule has 3 nitrogen and oxygen atoms in total. The second-order valence-corrected chi connectivity index (χ2v) is 24.2. The summed E-state index contributed by atoms with van der Waals surface area (Å²) >= 11 is 0. The van der Waals surface area contributed by atoms with Crippen LogP contribution in [0, 0.1) is 74.0 Å². The third kappa shape index (κ3) is 4.62. The number of aryl methyl sites for hydroxylation is 3. The summed E-state index contributed by atoms with van der Waals surface area (Å²) in [6.45, 7) is 7.12. The van der Waals surface area contributed by atoms with E-state index in [1.807, 2.05) is 0 Å². The lowest BCUT2D eigenvalue weighted by Gasteiger charge is -2.58. The third-order valence-electron chi connectivity index (χ3n) is 19.1. The highest BCUT2D eigenvalue weighted by atomic mass is 31.2. The first-order valence-electron chi connectivity index (χ1n) is 23.4. The first-order chi connectivity index (χ1) is 27.2. The fraction of sp³-hybridized carbons (Fsp3) is 0.654. The van der Waals surface area contributed by atoms with Crippen LogP contribution in [0.5, 0.6) is 17.2 Å². The molecule has 0 radical (unpaired) electrons. The molecule has 18 rings (SSSR count). The van der Waals surface area contributed by atoms with E-state index < -0.39 is 8.60 Å². The third-order valence-corrected chi connectivity index (χ3v) is 20.1. The van der Waals surface area contributed by atoms with Gasteiger partial charge in [0.05, 0.1) is 0 Å². The molecule has 0 saturated heterocycles. The van der Waals surface area contributed by atoms with Gasteiger partial charge in [0.25, 0.3) is 0 Å². The molecule has 12 saturated carbocycles.